The number of likely N-dealkylation sites (tertiary alicyclic amines) is 1. The summed E-state index contributed by atoms with van der Waals surface area (Å²) in [5.74, 6) is -6.60. The molecule has 2 aliphatic heterocycles. The lowest BCUT2D eigenvalue weighted by atomic mass is 9.49. The molecule has 47 heavy (non-hydrogen) atoms. The van der Waals surface area contributed by atoms with Gasteiger partial charge in [-0.1, -0.05) is 75.6 Å². The number of rotatable bonds is 7. The lowest BCUT2D eigenvalue weighted by Crippen LogP contribution is -2.53. The van der Waals surface area contributed by atoms with Crippen molar-refractivity contribution in [3.8, 4) is 5.75 Å². The van der Waals surface area contributed by atoms with Crippen LogP contribution in [0.2, 0.25) is 5.02 Å². The summed E-state index contributed by atoms with van der Waals surface area (Å²) in [5.41, 5.74) is 0.569. The lowest BCUT2D eigenvalue weighted by Gasteiger charge is -2.50. The molecule has 2 saturated heterocycles. The summed E-state index contributed by atoms with van der Waals surface area (Å²) in [6.45, 7) is -0.00773. The van der Waals surface area contributed by atoms with Crippen LogP contribution >= 0.6 is 27.5 Å². The summed E-state index contributed by atoms with van der Waals surface area (Å²) in [7, 11) is 0. The molecule has 240 valence electrons. The van der Waals surface area contributed by atoms with Crippen LogP contribution in [0.4, 0.5) is 5.69 Å². The molecule has 3 aromatic carbocycles. The molecular weight excluding hydrogens is 688 g/mol. The minimum Gasteiger partial charge on any atom is -0.508 e. The van der Waals surface area contributed by atoms with E-state index >= 15 is 4.79 Å². The minimum atomic E-state index is -1.50. The number of phenolic OH excluding ortho intramolecular Hbond substituents is 1. The van der Waals surface area contributed by atoms with E-state index in [4.69, 9.17) is 16.7 Å². The van der Waals surface area contributed by atoms with Crippen LogP contribution in [-0.2, 0) is 29.4 Å². The smallest absolute Gasteiger partial charge is 0.303 e. The Morgan fingerprint density at radius 3 is 2.43 bits per heavy atom. The maximum absolute atomic E-state index is 15.2. The molecule has 0 spiro atoms. The highest BCUT2D eigenvalue weighted by Crippen LogP contribution is 2.65. The Hall–Kier alpha value is -4.28. The van der Waals surface area contributed by atoms with E-state index in [0.717, 1.165) is 5.57 Å². The number of nitrogens with zero attached hydrogens (tertiary/aromatic N) is 2. The highest BCUT2D eigenvalue weighted by Gasteiger charge is 2.70. The number of carbonyl (C=O) groups is 5. The number of phenols is 1. The summed E-state index contributed by atoms with van der Waals surface area (Å²) in [6, 6.07) is 20.6. The molecule has 0 radical (unpaired) electrons. The Morgan fingerprint density at radius 1 is 0.936 bits per heavy atom. The number of amides is 4. The second kappa shape index (κ2) is 11.8. The zero-order valence-electron chi connectivity index (χ0n) is 25.0. The SMILES string of the molecule is O=C(O)CCCN1C(=O)C2CC=C3C(CC4C(=O)N(c5cccc(Cl)c5)C(=O)C4(c4ccccc4)C3c3cc(Br)ccc3O)C2C1=O. The fourth-order valence-electron chi connectivity index (χ4n) is 8.52. The van der Waals surface area contributed by atoms with Crippen molar-refractivity contribution < 1.29 is 34.2 Å². The minimum absolute atomic E-state index is 0.00773. The molecule has 0 bridgehead atoms. The van der Waals surface area contributed by atoms with E-state index in [9.17, 15) is 24.3 Å². The van der Waals surface area contributed by atoms with Gasteiger partial charge < -0.3 is 10.2 Å². The zero-order valence-corrected chi connectivity index (χ0v) is 27.4. The number of halogens is 2. The quantitative estimate of drug-likeness (QED) is 0.232. The second-order valence-electron chi connectivity index (χ2n) is 12.6. The molecule has 3 aromatic rings. The van der Waals surface area contributed by atoms with Crippen molar-refractivity contribution in [1.82, 2.24) is 4.90 Å². The van der Waals surface area contributed by atoms with Gasteiger partial charge in [0.25, 0.3) is 0 Å². The van der Waals surface area contributed by atoms with Crippen LogP contribution < -0.4 is 4.90 Å². The van der Waals surface area contributed by atoms with Gasteiger partial charge in [-0.25, -0.2) is 4.90 Å². The third-order valence-electron chi connectivity index (χ3n) is 10.3. The maximum atomic E-state index is 15.2. The molecular formula is C36H30BrClN2O7. The first-order valence-corrected chi connectivity index (χ1v) is 16.7. The first-order chi connectivity index (χ1) is 22.5. The fraction of sp³-hybridized carbons (Fsp3) is 0.306. The number of allylic oxidation sites excluding steroid dienone is 2. The van der Waals surface area contributed by atoms with Gasteiger partial charge in [-0.2, -0.15) is 0 Å². The van der Waals surface area contributed by atoms with Gasteiger partial charge in [-0.15, -0.1) is 0 Å². The van der Waals surface area contributed by atoms with Crippen molar-refractivity contribution in [2.45, 2.75) is 37.0 Å². The predicted molar refractivity (Wildman–Crippen MR) is 175 cm³/mol. The first-order valence-electron chi connectivity index (χ1n) is 15.5. The third kappa shape index (κ3) is 4.75. The van der Waals surface area contributed by atoms with Gasteiger partial charge in [0.15, 0.2) is 0 Å². The Kier molecular flexibility index (Phi) is 7.83. The number of imide groups is 2. The molecule has 11 heteroatoms. The summed E-state index contributed by atoms with van der Waals surface area (Å²) in [5, 5.41) is 20.9. The monoisotopic (exact) mass is 716 g/mol. The lowest BCUT2D eigenvalue weighted by molar-refractivity contribution is -0.142. The topological polar surface area (TPSA) is 132 Å². The molecule has 7 rings (SSSR count). The van der Waals surface area contributed by atoms with Crippen LogP contribution in [0.5, 0.6) is 5.75 Å². The van der Waals surface area contributed by atoms with Crippen LogP contribution in [0.15, 0.2) is 88.9 Å². The largest absolute Gasteiger partial charge is 0.508 e. The Balaban J connectivity index is 1.44. The van der Waals surface area contributed by atoms with E-state index in [1.54, 1.807) is 36.4 Å². The number of carboxylic acid groups (broad SMARTS) is 1. The summed E-state index contributed by atoms with van der Waals surface area (Å²) in [6.07, 6.45) is 2.23. The Morgan fingerprint density at radius 2 is 1.70 bits per heavy atom. The number of hydrogen-bond donors (Lipinski definition) is 2. The highest BCUT2D eigenvalue weighted by atomic mass is 79.9. The average Bonchev–Trinajstić information content (AvgIpc) is 3.43. The van der Waals surface area contributed by atoms with Crippen molar-refractivity contribution in [3.63, 3.8) is 0 Å². The van der Waals surface area contributed by atoms with E-state index in [1.807, 2.05) is 36.4 Å². The van der Waals surface area contributed by atoms with Crippen molar-refractivity contribution in [2.75, 3.05) is 11.4 Å². The van der Waals surface area contributed by atoms with Crippen LogP contribution in [-0.4, -0.2) is 51.3 Å². The van der Waals surface area contributed by atoms with Crippen LogP contribution in [0.3, 0.4) is 0 Å². The predicted octanol–water partition coefficient (Wildman–Crippen LogP) is 5.84. The molecule has 6 atom stereocenters. The molecule has 3 fully saturated rings. The van der Waals surface area contributed by atoms with E-state index in [2.05, 4.69) is 15.9 Å². The fourth-order valence-corrected chi connectivity index (χ4v) is 9.08. The normalized spacial score (nSPS) is 28.2. The zero-order chi connectivity index (χ0) is 33.2. The number of benzene rings is 3. The van der Waals surface area contributed by atoms with Crippen molar-refractivity contribution in [2.24, 2.45) is 23.7 Å². The van der Waals surface area contributed by atoms with Gasteiger partial charge in [-0.3, -0.25) is 28.9 Å². The van der Waals surface area contributed by atoms with E-state index in [-0.39, 0.29) is 43.9 Å². The first kappa shape index (κ1) is 31.3. The number of aliphatic carboxylic acids is 1. The molecule has 9 nitrogen and oxygen atoms in total. The summed E-state index contributed by atoms with van der Waals surface area (Å²) < 4.78 is 0.654. The van der Waals surface area contributed by atoms with Crippen LogP contribution in [0.1, 0.15) is 42.7 Å². The van der Waals surface area contributed by atoms with Crippen LogP contribution in [0.25, 0.3) is 0 Å². The molecule has 4 aliphatic rings. The van der Waals surface area contributed by atoms with Crippen LogP contribution in [0, 0.1) is 23.7 Å². The molecule has 2 N–H and O–H groups in total. The van der Waals surface area contributed by atoms with Gasteiger partial charge in [0.1, 0.15) is 5.75 Å². The number of carboxylic acids is 1. The van der Waals surface area contributed by atoms with E-state index < -0.39 is 58.7 Å². The van der Waals surface area contributed by atoms with E-state index in [0.29, 0.717) is 26.3 Å². The number of hydrogen-bond acceptors (Lipinski definition) is 6. The third-order valence-corrected chi connectivity index (χ3v) is 11.1. The van der Waals surface area contributed by atoms with E-state index in [1.165, 1.54) is 15.9 Å². The van der Waals surface area contributed by atoms with Gasteiger partial charge in [0, 0.05) is 33.9 Å². The van der Waals surface area contributed by atoms with Gasteiger partial charge in [0.2, 0.25) is 23.6 Å². The van der Waals surface area contributed by atoms with Gasteiger partial charge >= 0.3 is 5.97 Å². The average molecular weight is 718 g/mol. The Labute approximate surface area is 283 Å². The van der Waals surface area contributed by atoms with Crippen molar-refractivity contribution in [3.05, 3.63) is 105 Å². The summed E-state index contributed by atoms with van der Waals surface area (Å²) in [4.78, 5) is 71.0. The van der Waals surface area contributed by atoms with Crippen molar-refractivity contribution >= 4 is 62.8 Å². The standard InChI is InChI=1S/C36H30BrClN2O7/c37-20-11-14-28(41)26(16-20)31-23-12-13-24-30(34(46)39(32(24)44)15-5-10-29(42)43)25(23)18-27-33(45)40(22-9-4-8-21(38)17-22)35(47)36(27,31)19-6-2-1-3-7-19/h1-4,6-9,11-12,14,16-17,24-25,27,30-31,41H,5,10,13,15,18H2,(H,42,43). The molecule has 2 aliphatic carbocycles. The molecule has 1 saturated carbocycles. The molecule has 2 heterocycles. The number of carbonyl (C=O) groups excluding carboxylic acids is 4. The molecule has 0 aromatic heterocycles. The second-order valence-corrected chi connectivity index (χ2v) is 14.0. The molecule has 6 unspecified atom stereocenters. The highest BCUT2D eigenvalue weighted by molar-refractivity contribution is 9.10. The number of aromatic hydroxyl groups is 1. The summed E-state index contributed by atoms with van der Waals surface area (Å²) >= 11 is 9.87. The number of anilines is 1. The Bertz CT molecular complexity index is 1880. The van der Waals surface area contributed by atoms with Gasteiger partial charge in [-0.05, 0) is 67.1 Å². The van der Waals surface area contributed by atoms with Gasteiger partial charge in [0.05, 0.1) is 28.9 Å². The van der Waals surface area contributed by atoms with Crippen molar-refractivity contribution in [1.29, 1.82) is 0 Å². The number of fused-ring (bicyclic) bond motifs is 4. The maximum Gasteiger partial charge on any atom is 0.303 e. The molecule has 4 amide bonds.